The number of rotatable bonds is 8. The fourth-order valence-electron chi connectivity index (χ4n) is 3.77. The fraction of sp³-hybridized carbons (Fsp3) is 0.320. The van der Waals surface area contributed by atoms with Crippen LogP contribution in [-0.2, 0) is 11.2 Å². The molecule has 0 saturated carbocycles. The first-order chi connectivity index (χ1) is 16.1. The number of aliphatic hydroxyl groups is 3. The first-order valence-corrected chi connectivity index (χ1v) is 12.0. The monoisotopic (exact) mass is 507 g/mol. The summed E-state index contributed by atoms with van der Waals surface area (Å²) in [6.45, 7) is 5.63. The lowest BCUT2D eigenvalue weighted by Gasteiger charge is -2.41. The number of halogens is 2. The molecule has 182 valence electrons. The van der Waals surface area contributed by atoms with Crippen molar-refractivity contribution in [3.63, 3.8) is 0 Å². The summed E-state index contributed by atoms with van der Waals surface area (Å²) in [6.07, 6.45) is -2.01. The number of amides is 1. The first kappa shape index (κ1) is 26.4. The van der Waals surface area contributed by atoms with Gasteiger partial charge < -0.3 is 25.8 Å². The van der Waals surface area contributed by atoms with Crippen LogP contribution >= 0.6 is 23.4 Å². The van der Waals surface area contributed by atoms with Crippen LogP contribution in [0.5, 0.6) is 0 Å². The third-order valence-electron chi connectivity index (χ3n) is 5.60. The quantitative estimate of drug-likeness (QED) is 0.321. The Balaban J connectivity index is 1.82. The summed E-state index contributed by atoms with van der Waals surface area (Å²) in [5, 5.41) is 32.1. The standard InChI is InChI=1S/C25H27ClFNO5S/c1-3-4-13(2)9-16-10-14(5-7-17(16)26)24-23(31)22(30)21(29)19(33-24)12-34-20-11-15(25(28)32)6-8-18(20)27/h3-8,10-11,19,21-24,29-31H,1,9,12H2,2H3,(H2,28,32)/b13-4+/t19-,21-,22+,23-,24+/m1/s1. The van der Waals surface area contributed by atoms with Crippen LogP contribution in [0.4, 0.5) is 4.39 Å². The van der Waals surface area contributed by atoms with E-state index in [0.29, 0.717) is 17.0 Å². The third kappa shape index (κ3) is 6.07. The molecule has 6 nitrogen and oxygen atoms in total. The lowest BCUT2D eigenvalue weighted by atomic mass is 9.90. The highest BCUT2D eigenvalue weighted by atomic mass is 35.5. The Kier molecular flexibility index (Phi) is 8.92. The lowest BCUT2D eigenvalue weighted by Crippen LogP contribution is -2.54. The van der Waals surface area contributed by atoms with Crippen molar-refractivity contribution >= 4 is 29.3 Å². The van der Waals surface area contributed by atoms with E-state index in [1.807, 2.05) is 13.0 Å². The van der Waals surface area contributed by atoms with Gasteiger partial charge >= 0.3 is 0 Å². The van der Waals surface area contributed by atoms with Crippen LogP contribution < -0.4 is 5.73 Å². The Hall–Kier alpha value is -2.20. The van der Waals surface area contributed by atoms with Crippen LogP contribution in [0.2, 0.25) is 5.02 Å². The van der Waals surface area contributed by atoms with Crippen LogP contribution in [0.25, 0.3) is 0 Å². The van der Waals surface area contributed by atoms with Gasteiger partial charge in [-0.3, -0.25) is 4.79 Å². The van der Waals surface area contributed by atoms with Gasteiger partial charge in [-0.1, -0.05) is 48.0 Å². The molecule has 0 spiro atoms. The van der Waals surface area contributed by atoms with E-state index in [4.69, 9.17) is 22.1 Å². The molecular weight excluding hydrogens is 481 g/mol. The van der Waals surface area contributed by atoms with E-state index in [-0.39, 0.29) is 16.2 Å². The van der Waals surface area contributed by atoms with E-state index in [2.05, 4.69) is 6.58 Å². The maximum Gasteiger partial charge on any atom is 0.248 e. The zero-order chi connectivity index (χ0) is 25.0. The van der Waals surface area contributed by atoms with Crippen molar-refractivity contribution in [3.05, 3.63) is 88.2 Å². The van der Waals surface area contributed by atoms with Crippen molar-refractivity contribution in [1.82, 2.24) is 0 Å². The third-order valence-corrected chi connectivity index (χ3v) is 7.09. The van der Waals surface area contributed by atoms with Crippen molar-refractivity contribution < 1.29 is 29.2 Å². The Labute approximate surface area is 206 Å². The summed E-state index contributed by atoms with van der Waals surface area (Å²) in [5.74, 6) is -1.18. The molecule has 1 aliphatic heterocycles. The molecule has 1 aliphatic rings. The number of carbonyl (C=O) groups is 1. The Bertz CT molecular complexity index is 1090. The van der Waals surface area contributed by atoms with E-state index < -0.39 is 42.2 Å². The zero-order valence-electron chi connectivity index (χ0n) is 18.5. The average Bonchev–Trinajstić information content (AvgIpc) is 2.79. The molecule has 5 N–H and O–H groups in total. The number of aliphatic hydroxyl groups excluding tert-OH is 3. The zero-order valence-corrected chi connectivity index (χ0v) is 20.1. The summed E-state index contributed by atoms with van der Waals surface area (Å²) in [6, 6.07) is 8.92. The molecule has 2 aromatic rings. The predicted molar refractivity (Wildman–Crippen MR) is 130 cm³/mol. The molecule has 3 rings (SSSR count). The summed E-state index contributed by atoms with van der Waals surface area (Å²) in [4.78, 5) is 11.6. The number of hydrogen-bond donors (Lipinski definition) is 4. The fourth-order valence-corrected chi connectivity index (χ4v) is 4.99. The molecule has 1 fully saturated rings. The maximum atomic E-state index is 14.2. The molecule has 0 radical (unpaired) electrons. The second kappa shape index (κ2) is 11.5. The lowest BCUT2D eigenvalue weighted by molar-refractivity contribution is -0.218. The van der Waals surface area contributed by atoms with Crippen molar-refractivity contribution in [1.29, 1.82) is 0 Å². The van der Waals surface area contributed by atoms with Gasteiger partial charge in [0.05, 0.1) is 6.10 Å². The van der Waals surface area contributed by atoms with Crippen LogP contribution in [-0.4, -0.2) is 51.4 Å². The van der Waals surface area contributed by atoms with Crippen molar-refractivity contribution in [2.75, 3.05) is 5.75 Å². The van der Waals surface area contributed by atoms with E-state index in [0.717, 1.165) is 29.0 Å². The minimum atomic E-state index is -1.48. The van der Waals surface area contributed by atoms with Crippen molar-refractivity contribution in [2.45, 2.75) is 48.8 Å². The topological polar surface area (TPSA) is 113 Å². The van der Waals surface area contributed by atoms with Gasteiger partial charge in [0.2, 0.25) is 5.91 Å². The Morgan fingerprint density at radius 1 is 1.21 bits per heavy atom. The van der Waals surface area contributed by atoms with Crippen LogP contribution in [0, 0.1) is 5.82 Å². The van der Waals surface area contributed by atoms with Gasteiger partial charge in [0.15, 0.2) is 0 Å². The Morgan fingerprint density at radius 3 is 2.62 bits per heavy atom. The van der Waals surface area contributed by atoms with E-state index in [9.17, 15) is 24.5 Å². The maximum absolute atomic E-state index is 14.2. The molecule has 0 aromatic heterocycles. The number of primary amides is 1. The normalized spacial score (nSPS) is 25.2. The minimum absolute atomic E-state index is 0.0577. The van der Waals surface area contributed by atoms with Gasteiger partial charge in [-0.15, -0.1) is 11.8 Å². The second-order valence-corrected chi connectivity index (χ2v) is 9.63. The molecule has 0 aliphatic carbocycles. The van der Waals surface area contributed by atoms with Gasteiger partial charge in [-0.05, 0) is 48.7 Å². The summed E-state index contributed by atoms with van der Waals surface area (Å²) in [7, 11) is 0. The number of nitrogens with two attached hydrogens (primary N) is 1. The van der Waals surface area contributed by atoms with E-state index in [1.165, 1.54) is 12.1 Å². The summed E-state index contributed by atoms with van der Waals surface area (Å²) < 4.78 is 20.2. The van der Waals surface area contributed by atoms with Crippen LogP contribution in [0.1, 0.15) is 34.5 Å². The smallest absolute Gasteiger partial charge is 0.248 e. The molecule has 5 atom stereocenters. The molecule has 2 aromatic carbocycles. The largest absolute Gasteiger partial charge is 0.388 e. The molecule has 0 bridgehead atoms. The van der Waals surface area contributed by atoms with Crippen molar-refractivity contribution in [2.24, 2.45) is 5.73 Å². The predicted octanol–water partition coefficient (Wildman–Crippen LogP) is 3.57. The SMILES string of the molecule is C=C/C=C(\C)Cc1cc([C@@H]2O[C@H](CSc3cc(C(N)=O)ccc3F)[C@@H](O)[C@H](O)[C@H]2O)ccc1Cl. The molecule has 1 saturated heterocycles. The minimum Gasteiger partial charge on any atom is -0.388 e. The first-order valence-electron chi connectivity index (χ1n) is 10.6. The van der Waals surface area contributed by atoms with E-state index in [1.54, 1.807) is 24.3 Å². The van der Waals surface area contributed by atoms with Gasteiger partial charge in [0, 0.05) is 21.2 Å². The molecular formula is C25H27ClFNO5S. The number of thioether (sulfide) groups is 1. The number of carbonyl (C=O) groups excluding carboxylic acids is 1. The highest BCUT2D eigenvalue weighted by molar-refractivity contribution is 7.99. The molecule has 1 heterocycles. The van der Waals surface area contributed by atoms with Gasteiger partial charge in [-0.2, -0.15) is 0 Å². The van der Waals surface area contributed by atoms with Crippen LogP contribution in [0.3, 0.4) is 0 Å². The molecule has 9 heteroatoms. The second-order valence-electron chi connectivity index (χ2n) is 8.16. The number of benzene rings is 2. The highest BCUT2D eigenvalue weighted by Crippen LogP contribution is 2.36. The van der Waals surface area contributed by atoms with Gasteiger partial charge in [0.1, 0.15) is 30.2 Å². The molecule has 0 unspecified atom stereocenters. The number of ether oxygens (including phenoxy) is 1. The van der Waals surface area contributed by atoms with E-state index >= 15 is 0 Å². The van der Waals surface area contributed by atoms with Crippen LogP contribution in [0.15, 0.2) is 65.6 Å². The number of hydrogen-bond acceptors (Lipinski definition) is 6. The molecule has 1 amide bonds. The number of allylic oxidation sites excluding steroid dienone is 3. The van der Waals surface area contributed by atoms with Crippen molar-refractivity contribution in [3.8, 4) is 0 Å². The Morgan fingerprint density at radius 2 is 1.94 bits per heavy atom. The average molecular weight is 508 g/mol. The highest BCUT2D eigenvalue weighted by Gasteiger charge is 2.44. The van der Waals surface area contributed by atoms with Gasteiger partial charge in [0.25, 0.3) is 0 Å². The van der Waals surface area contributed by atoms with Gasteiger partial charge in [-0.25, -0.2) is 4.39 Å². The molecule has 34 heavy (non-hydrogen) atoms. The summed E-state index contributed by atoms with van der Waals surface area (Å²) in [5.41, 5.74) is 7.84. The summed E-state index contributed by atoms with van der Waals surface area (Å²) >= 11 is 7.36.